The van der Waals surface area contributed by atoms with Crippen LogP contribution in [0.3, 0.4) is 0 Å². The SMILES string of the molecule is COCC(O)CNC(=O)C1(c2cccc(C(F)(F)F)c2)CCC1. The molecule has 128 valence electrons. The molecular formula is C16H20F3NO3. The predicted molar refractivity (Wildman–Crippen MR) is 77.9 cm³/mol. The Morgan fingerprint density at radius 1 is 1.43 bits per heavy atom. The van der Waals surface area contributed by atoms with E-state index in [9.17, 15) is 23.1 Å². The summed E-state index contributed by atoms with van der Waals surface area (Å²) in [5.74, 6) is -0.349. The highest BCUT2D eigenvalue weighted by molar-refractivity contribution is 5.89. The molecular weight excluding hydrogens is 311 g/mol. The third-order valence-electron chi connectivity index (χ3n) is 4.24. The third kappa shape index (κ3) is 3.84. The minimum absolute atomic E-state index is 0.00733. The zero-order valence-electron chi connectivity index (χ0n) is 12.8. The van der Waals surface area contributed by atoms with Crippen molar-refractivity contribution < 1.29 is 27.8 Å². The van der Waals surface area contributed by atoms with Crippen LogP contribution in [0.25, 0.3) is 0 Å². The summed E-state index contributed by atoms with van der Waals surface area (Å²) < 4.78 is 43.4. The van der Waals surface area contributed by atoms with Crippen LogP contribution in [0.2, 0.25) is 0 Å². The summed E-state index contributed by atoms with van der Waals surface area (Å²) in [6, 6.07) is 4.92. The second-order valence-electron chi connectivity index (χ2n) is 5.83. The number of methoxy groups -OCH3 is 1. The van der Waals surface area contributed by atoms with Crippen molar-refractivity contribution >= 4 is 5.91 Å². The molecule has 2 N–H and O–H groups in total. The van der Waals surface area contributed by atoms with Gasteiger partial charge in [-0.25, -0.2) is 0 Å². The molecule has 1 amide bonds. The monoisotopic (exact) mass is 331 g/mol. The fraction of sp³-hybridized carbons (Fsp3) is 0.562. The molecule has 0 aliphatic heterocycles. The molecule has 1 saturated carbocycles. The van der Waals surface area contributed by atoms with Gasteiger partial charge in [0.2, 0.25) is 5.91 Å². The Kier molecular flexibility index (Phi) is 5.31. The van der Waals surface area contributed by atoms with E-state index in [2.05, 4.69) is 5.32 Å². The molecule has 4 nitrogen and oxygen atoms in total. The van der Waals surface area contributed by atoms with E-state index in [-0.39, 0.29) is 19.1 Å². The molecule has 0 aromatic heterocycles. The van der Waals surface area contributed by atoms with Crippen molar-refractivity contribution in [2.24, 2.45) is 0 Å². The average molecular weight is 331 g/mol. The molecule has 0 spiro atoms. The molecule has 0 bridgehead atoms. The molecule has 1 fully saturated rings. The van der Waals surface area contributed by atoms with Crippen LogP contribution in [-0.4, -0.2) is 37.4 Å². The van der Waals surface area contributed by atoms with E-state index in [1.807, 2.05) is 0 Å². The van der Waals surface area contributed by atoms with Crippen molar-refractivity contribution in [1.29, 1.82) is 0 Å². The van der Waals surface area contributed by atoms with Crippen molar-refractivity contribution in [1.82, 2.24) is 5.32 Å². The number of ether oxygens (including phenoxy) is 1. The van der Waals surface area contributed by atoms with Crippen LogP contribution in [0.15, 0.2) is 24.3 Å². The van der Waals surface area contributed by atoms with E-state index in [1.54, 1.807) is 6.07 Å². The minimum atomic E-state index is -4.44. The van der Waals surface area contributed by atoms with E-state index in [0.29, 0.717) is 18.4 Å². The van der Waals surface area contributed by atoms with Crippen molar-refractivity contribution in [3.05, 3.63) is 35.4 Å². The van der Waals surface area contributed by atoms with E-state index < -0.39 is 23.3 Å². The summed E-state index contributed by atoms with van der Waals surface area (Å²) in [4.78, 5) is 12.5. The van der Waals surface area contributed by atoms with Gasteiger partial charge in [0.05, 0.1) is 23.7 Å². The van der Waals surface area contributed by atoms with Gasteiger partial charge in [0.1, 0.15) is 0 Å². The van der Waals surface area contributed by atoms with Gasteiger partial charge >= 0.3 is 6.18 Å². The highest BCUT2D eigenvalue weighted by atomic mass is 19.4. The molecule has 0 saturated heterocycles. The number of aliphatic hydroxyl groups is 1. The van der Waals surface area contributed by atoms with Crippen molar-refractivity contribution in [2.75, 3.05) is 20.3 Å². The summed E-state index contributed by atoms with van der Waals surface area (Å²) in [6.45, 7) is 0.0875. The van der Waals surface area contributed by atoms with Gasteiger partial charge in [-0.15, -0.1) is 0 Å². The summed E-state index contributed by atoms with van der Waals surface area (Å²) in [6.07, 6.45) is -3.50. The predicted octanol–water partition coefficient (Wildman–Crippen LogP) is 2.25. The Bertz CT molecular complexity index is 556. The lowest BCUT2D eigenvalue weighted by molar-refractivity contribution is -0.138. The maximum Gasteiger partial charge on any atom is 0.416 e. The highest BCUT2D eigenvalue weighted by Crippen LogP contribution is 2.45. The molecule has 23 heavy (non-hydrogen) atoms. The van der Waals surface area contributed by atoms with E-state index in [1.165, 1.54) is 13.2 Å². The number of rotatable bonds is 6. The lowest BCUT2D eigenvalue weighted by Crippen LogP contribution is -2.51. The zero-order chi connectivity index (χ0) is 17.1. The van der Waals surface area contributed by atoms with Crippen LogP contribution in [0, 0.1) is 0 Å². The van der Waals surface area contributed by atoms with Gasteiger partial charge < -0.3 is 15.2 Å². The first-order valence-electron chi connectivity index (χ1n) is 7.42. The van der Waals surface area contributed by atoms with Crippen LogP contribution < -0.4 is 5.32 Å². The number of carbonyl (C=O) groups is 1. The zero-order valence-corrected chi connectivity index (χ0v) is 12.8. The molecule has 2 rings (SSSR count). The van der Waals surface area contributed by atoms with E-state index in [4.69, 9.17) is 4.74 Å². The molecule has 1 aromatic rings. The number of benzene rings is 1. The average Bonchev–Trinajstić information content (AvgIpc) is 2.44. The van der Waals surface area contributed by atoms with Crippen molar-refractivity contribution in [3.63, 3.8) is 0 Å². The number of alkyl halides is 3. The van der Waals surface area contributed by atoms with Gasteiger partial charge in [0.15, 0.2) is 0 Å². The first-order chi connectivity index (χ1) is 10.8. The summed E-state index contributed by atoms with van der Waals surface area (Å²) in [7, 11) is 1.43. The summed E-state index contributed by atoms with van der Waals surface area (Å²) in [5.41, 5.74) is -1.32. The maximum absolute atomic E-state index is 12.9. The maximum atomic E-state index is 12.9. The van der Waals surface area contributed by atoms with Crippen molar-refractivity contribution in [2.45, 2.75) is 37.0 Å². The number of hydrogen-bond donors (Lipinski definition) is 2. The summed E-state index contributed by atoms with van der Waals surface area (Å²) >= 11 is 0. The minimum Gasteiger partial charge on any atom is -0.389 e. The Hall–Kier alpha value is -1.60. The second kappa shape index (κ2) is 6.88. The Morgan fingerprint density at radius 2 is 2.13 bits per heavy atom. The van der Waals surface area contributed by atoms with Gasteiger partial charge in [-0.2, -0.15) is 13.2 Å². The van der Waals surface area contributed by atoms with Crippen LogP contribution in [0.4, 0.5) is 13.2 Å². The van der Waals surface area contributed by atoms with Crippen molar-refractivity contribution in [3.8, 4) is 0 Å². The number of hydrogen-bond acceptors (Lipinski definition) is 3. The van der Waals surface area contributed by atoms with Gasteiger partial charge in [0.25, 0.3) is 0 Å². The first-order valence-corrected chi connectivity index (χ1v) is 7.42. The van der Waals surface area contributed by atoms with Crippen LogP contribution in [-0.2, 0) is 21.1 Å². The topological polar surface area (TPSA) is 58.6 Å². The third-order valence-corrected chi connectivity index (χ3v) is 4.24. The standard InChI is InChI=1S/C16H20F3NO3/c1-23-10-13(21)9-20-14(22)15(6-3-7-15)11-4-2-5-12(8-11)16(17,18)19/h2,4-5,8,13,21H,3,6-7,9-10H2,1H3,(H,20,22). The van der Waals surface area contributed by atoms with E-state index in [0.717, 1.165) is 18.6 Å². The molecule has 7 heteroatoms. The van der Waals surface area contributed by atoms with Gasteiger partial charge in [0, 0.05) is 13.7 Å². The Labute approximate surface area is 132 Å². The Balaban J connectivity index is 2.16. The first kappa shape index (κ1) is 17.7. The van der Waals surface area contributed by atoms with Gasteiger partial charge in [-0.3, -0.25) is 4.79 Å². The van der Waals surface area contributed by atoms with E-state index >= 15 is 0 Å². The normalized spacial score (nSPS) is 18.1. The second-order valence-corrected chi connectivity index (χ2v) is 5.83. The van der Waals surface area contributed by atoms with Crippen LogP contribution >= 0.6 is 0 Å². The van der Waals surface area contributed by atoms with Gasteiger partial charge in [-0.05, 0) is 24.5 Å². The molecule has 1 atom stereocenters. The molecule has 0 radical (unpaired) electrons. The number of halogens is 3. The smallest absolute Gasteiger partial charge is 0.389 e. The summed E-state index contributed by atoms with van der Waals surface area (Å²) in [5, 5.41) is 12.2. The molecule has 1 aliphatic rings. The Morgan fingerprint density at radius 3 is 2.65 bits per heavy atom. The number of nitrogens with one attached hydrogen (secondary N) is 1. The number of amides is 1. The lowest BCUT2D eigenvalue weighted by atomic mass is 9.63. The molecule has 1 aromatic carbocycles. The lowest BCUT2D eigenvalue weighted by Gasteiger charge is -2.41. The number of aliphatic hydroxyl groups excluding tert-OH is 1. The fourth-order valence-electron chi connectivity index (χ4n) is 2.80. The largest absolute Gasteiger partial charge is 0.416 e. The fourth-order valence-corrected chi connectivity index (χ4v) is 2.80. The quantitative estimate of drug-likeness (QED) is 0.841. The van der Waals surface area contributed by atoms with Crippen LogP contribution in [0.1, 0.15) is 30.4 Å². The molecule has 0 heterocycles. The highest BCUT2D eigenvalue weighted by Gasteiger charge is 2.46. The number of carbonyl (C=O) groups excluding carboxylic acids is 1. The van der Waals surface area contributed by atoms with Crippen LogP contribution in [0.5, 0.6) is 0 Å². The molecule has 1 unspecified atom stereocenters. The van der Waals surface area contributed by atoms with Gasteiger partial charge in [-0.1, -0.05) is 24.6 Å². The molecule has 1 aliphatic carbocycles.